The lowest BCUT2D eigenvalue weighted by Gasteiger charge is -2.39. The molecule has 0 saturated heterocycles. The van der Waals surface area contributed by atoms with Gasteiger partial charge in [-0.15, -0.1) is 0 Å². The first-order valence-electron chi connectivity index (χ1n) is 13.0. The fourth-order valence-corrected chi connectivity index (χ4v) is 3.94. The first-order chi connectivity index (χ1) is 18.4. The first-order valence-corrected chi connectivity index (χ1v) is 13.0. The smallest absolute Gasteiger partial charge is 0.460 e. The average Bonchev–Trinajstić information content (AvgIpc) is 2.85. The van der Waals surface area contributed by atoms with Crippen molar-refractivity contribution in [2.75, 3.05) is 6.61 Å². The first kappa shape index (κ1) is 39.2. The Kier molecular flexibility index (Phi) is 14.0. The summed E-state index contributed by atoms with van der Waals surface area (Å²) >= 11 is 0. The number of carbonyl (C=O) groups excluding carboxylic acids is 2. The molecule has 0 aromatic carbocycles. The predicted molar refractivity (Wildman–Crippen MR) is 121 cm³/mol. The molecule has 0 N–H and O–H groups in total. The van der Waals surface area contributed by atoms with Crippen molar-refractivity contribution in [1.82, 2.24) is 0 Å². The summed E-state index contributed by atoms with van der Waals surface area (Å²) in [5.41, 5.74) is 0. The molecule has 0 aromatic heterocycles. The van der Waals surface area contributed by atoms with Crippen LogP contribution in [0.2, 0.25) is 0 Å². The molecule has 0 rings (SSSR count). The molecule has 0 aliphatic heterocycles. The van der Waals surface area contributed by atoms with Gasteiger partial charge in [-0.1, -0.05) is 47.0 Å². The van der Waals surface area contributed by atoms with Crippen LogP contribution in [-0.2, 0) is 14.3 Å². The number of carbonyl (C=O) groups is 2. The fourth-order valence-electron chi connectivity index (χ4n) is 3.94. The van der Waals surface area contributed by atoms with Gasteiger partial charge in [-0.25, -0.2) is 0 Å². The molecule has 0 fully saturated rings. The zero-order valence-electron chi connectivity index (χ0n) is 22.9. The number of unbranched alkanes of at least 4 members (excludes halogenated alkanes) is 1. The van der Waals surface area contributed by atoms with E-state index < -0.39 is 78.6 Å². The van der Waals surface area contributed by atoms with Gasteiger partial charge < -0.3 is 4.74 Å². The number of ether oxygens (including phenoxy) is 1. The number of ketones is 1. The molecule has 0 bridgehead atoms. The summed E-state index contributed by atoms with van der Waals surface area (Å²) in [6.07, 6.45) is -8.89. The summed E-state index contributed by atoms with van der Waals surface area (Å²) in [4.78, 5) is 24.7. The molecule has 0 radical (unpaired) electrons. The Hall–Kier alpha value is -1.77. The van der Waals surface area contributed by atoms with Crippen LogP contribution in [0.15, 0.2) is 0 Å². The number of Topliss-reactive ketones (excluding diaryl/α,β-unsaturated/α-hetero) is 1. The quantitative estimate of drug-likeness (QED) is 0.106. The lowest BCUT2D eigenvalue weighted by atomic mass is 9.87. The van der Waals surface area contributed by atoms with Gasteiger partial charge in [-0.3, -0.25) is 9.59 Å². The zero-order valence-corrected chi connectivity index (χ0v) is 22.9. The van der Waals surface area contributed by atoms with E-state index in [9.17, 15) is 66.7 Å². The van der Waals surface area contributed by atoms with Gasteiger partial charge in [0.05, 0.1) is 12.5 Å². The topological polar surface area (TPSA) is 43.4 Å². The minimum atomic E-state index is -7.95. The molecular formula is C25H35F13O3. The van der Waals surface area contributed by atoms with Crippen molar-refractivity contribution < 1.29 is 71.4 Å². The largest absolute Gasteiger partial charge is 0.465 e. The highest BCUT2D eigenvalue weighted by Gasteiger charge is 2.90. The molecule has 3 nitrogen and oxygen atoms in total. The van der Waals surface area contributed by atoms with Crippen LogP contribution < -0.4 is 0 Å². The number of halogens is 13. The minimum Gasteiger partial charge on any atom is -0.465 e. The number of hydrogen-bond acceptors (Lipinski definition) is 3. The summed E-state index contributed by atoms with van der Waals surface area (Å²) in [5.74, 6) is -40.4. The summed E-state index contributed by atoms with van der Waals surface area (Å²) < 4.78 is 177. The highest BCUT2D eigenvalue weighted by atomic mass is 19.4. The average molecular weight is 631 g/mol. The van der Waals surface area contributed by atoms with E-state index >= 15 is 0 Å². The summed E-state index contributed by atoms with van der Waals surface area (Å²) in [6.45, 7) is 6.91. The molecule has 0 aromatic rings. The highest BCUT2D eigenvalue weighted by Crippen LogP contribution is 2.60. The standard InChI is InChI=1S/C25H35F13O3/c1-5-8-10-16(6-2)14-41-19(40)15(4)13-17(7-3)18(39)11-9-12-20(26,27)21(28,29)22(30,31)23(32,33)24(34,35)25(36,37)38/h15-17H,5-14H2,1-4H3. The van der Waals surface area contributed by atoms with Crippen LogP contribution in [0.4, 0.5) is 57.1 Å². The third kappa shape index (κ3) is 8.87. The molecule has 244 valence electrons. The summed E-state index contributed by atoms with van der Waals surface area (Å²) in [6, 6.07) is 0. The molecule has 3 unspecified atom stereocenters. The molecule has 0 amide bonds. The van der Waals surface area contributed by atoms with Crippen LogP contribution in [-0.4, -0.2) is 54.1 Å². The van der Waals surface area contributed by atoms with Crippen molar-refractivity contribution in [2.45, 2.75) is 121 Å². The van der Waals surface area contributed by atoms with Gasteiger partial charge in [-0.2, -0.15) is 57.1 Å². The van der Waals surface area contributed by atoms with E-state index in [1.807, 2.05) is 13.8 Å². The van der Waals surface area contributed by atoms with Gasteiger partial charge in [-0.05, 0) is 31.6 Å². The van der Waals surface area contributed by atoms with Crippen molar-refractivity contribution >= 4 is 11.8 Å². The molecule has 0 spiro atoms. The zero-order chi connectivity index (χ0) is 32.7. The lowest BCUT2D eigenvalue weighted by Crippen LogP contribution is -2.70. The summed E-state index contributed by atoms with van der Waals surface area (Å²) in [5, 5.41) is 0. The van der Waals surface area contributed by atoms with E-state index in [1.54, 1.807) is 0 Å². The Morgan fingerprint density at radius 2 is 1.22 bits per heavy atom. The maximum Gasteiger partial charge on any atom is 0.460 e. The Bertz CT molecular complexity index is 841. The lowest BCUT2D eigenvalue weighted by molar-refractivity contribution is -0.440. The normalized spacial score (nSPS) is 16.3. The molecule has 0 saturated carbocycles. The van der Waals surface area contributed by atoms with E-state index in [2.05, 4.69) is 0 Å². The van der Waals surface area contributed by atoms with Crippen LogP contribution in [0.3, 0.4) is 0 Å². The molecule has 0 aliphatic carbocycles. The maximum atomic E-state index is 14.0. The Balaban J connectivity index is 5.34. The van der Waals surface area contributed by atoms with E-state index in [0.29, 0.717) is 0 Å². The molecule has 3 atom stereocenters. The van der Waals surface area contributed by atoms with Crippen molar-refractivity contribution in [3.8, 4) is 0 Å². The van der Waals surface area contributed by atoms with E-state index in [4.69, 9.17) is 4.74 Å². The van der Waals surface area contributed by atoms with E-state index in [0.717, 1.165) is 25.7 Å². The maximum absolute atomic E-state index is 14.0. The van der Waals surface area contributed by atoms with Crippen LogP contribution in [0.25, 0.3) is 0 Å². The van der Waals surface area contributed by atoms with Crippen molar-refractivity contribution in [1.29, 1.82) is 0 Å². The van der Waals surface area contributed by atoms with Crippen molar-refractivity contribution in [3.05, 3.63) is 0 Å². The van der Waals surface area contributed by atoms with Crippen LogP contribution in [0.5, 0.6) is 0 Å². The van der Waals surface area contributed by atoms with Crippen LogP contribution >= 0.6 is 0 Å². The number of esters is 1. The Morgan fingerprint density at radius 3 is 1.66 bits per heavy atom. The van der Waals surface area contributed by atoms with Crippen LogP contribution in [0.1, 0.15) is 85.5 Å². The van der Waals surface area contributed by atoms with E-state index in [-0.39, 0.29) is 25.4 Å². The second-order valence-electron chi connectivity index (χ2n) is 10.1. The Labute approximate surface area is 229 Å². The van der Waals surface area contributed by atoms with Crippen molar-refractivity contribution in [3.63, 3.8) is 0 Å². The molecule has 0 aliphatic rings. The second-order valence-corrected chi connectivity index (χ2v) is 10.1. The molecular weight excluding hydrogens is 595 g/mol. The SMILES string of the molecule is CCCCC(CC)COC(=O)C(C)CC(CC)C(=O)CCCC(F)(F)C(F)(F)C(F)(F)C(F)(F)C(F)(F)C(F)(F)F. The molecule has 16 heteroatoms. The summed E-state index contributed by atoms with van der Waals surface area (Å²) in [7, 11) is 0. The molecule has 41 heavy (non-hydrogen) atoms. The van der Waals surface area contributed by atoms with Crippen molar-refractivity contribution in [2.24, 2.45) is 17.8 Å². The van der Waals surface area contributed by atoms with E-state index in [1.165, 1.54) is 13.8 Å². The van der Waals surface area contributed by atoms with Gasteiger partial charge in [0.1, 0.15) is 5.78 Å². The third-order valence-electron chi connectivity index (χ3n) is 6.91. The van der Waals surface area contributed by atoms with Gasteiger partial charge in [0.2, 0.25) is 0 Å². The second kappa shape index (κ2) is 14.6. The molecule has 0 heterocycles. The van der Waals surface area contributed by atoms with Gasteiger partial charge in [0.15, 0.2) is 0 Å². The van der Waals surface area contributed by atoms with Gasteiger partial charge in [0, 0.05) is 18.8 Å². The highest BCUT2D eigenvalue weighted by molar-refractivity contribution is 5.82. The number of alkyl halides is 13. The van der Waals surface area contributed by atoms with Gasteiger partial charge in [0.25, 0.3) is 0 Å². The van der Waals surface area contributed by atoms with Crippen LogP contribution in [0, 0.1) is 17.8 Å². The predicted octanol–water partition coefficient (Wildman–Crippen LogP) is 9.28. The number of rotatable bonds is 19. The Morgan fingerprint density at radius 1 is 0.707 bits per heavy atom. The third-order valence-corrected chi connectivity index (χ3v) is 6.91. The monoisotopic (exact) mass is 630 g/mol. The fraction of sp³-hybridized carbons (Fsp3) is 0.920. The minimum absolute atomic E-state index is 0.0356. The van der Waals surface area contributed by atoms with Gasteiger partial charge >= 0.3 is 41.8 Å². The number of hydrogen-bond donors (Lipinski definition) is 0.